The van der Waals surface area contributed by atoms with E-state index in [1.807, 2.05) is 18.2 Å². The van der Waals surface area contributed by atoms with E-state index in [1.165, 1.54) is 5.56 Å². The molecule has 1 saturated heterocycles. The van der Waals surface area contributed by atoms with Gasteiger partial charge >= 0.3 is 0 Å². The summed E-state index contributed by atoms with van der Waals surface area (Å²) in [5.41, 5.74) is 2.14. The number of hydrogen-bond donors (Lipinski definition) is 2. The van der Waals surface area contributed by atoms with E-state index in [-0.39, 0.29) is 24.2 Å². The lowest BCUT2D eigenvalue weighted by molar-refractivity contribution is 0.223. The maximum atomic E-state index is 9.45. The number of rotatable bonds is 4. The fraction of sp³-hybridized carbons (Fsp3) is 0.444. The lowest BCUT2D eigenvalue weighted by atomic mass is 9.99. The number of nitrogens with one attached hydrogen (secondary N) is 1. The van der Waals surface area contributed by atoms with E-state index in [0.717, 1.165) is 5.69 Å². The third-order valence-corrected chi connectivity index (χ3v) is 4.72. The summed E-state index contributed by atoms with van der Waals surface area (Å²) in [6, 6.07) is 8.03. The average molecular weight is 344 g/mol. The molecular weight excluding hydrogens is 320 g/mol. The molecule has 2 atom stereocenters. The number of thiocarbonyl (C=S) groups is 1. The molecule has 2 aromatic heterocycles. The number of aliphatic hydroxyl groups is 1. The molecular formula is C18H24N4OS. The molecule has 0 aliphatic carbocycles. The molecule has 0 bridgehead atoms. The van der Waals surface area contributed by atoms with Crippen LogP contribution in [0.4, 0.5) is 0 Å². The molecule has 24 heavy (non-hydrogen) atoms. The predicted molar refractivity (Wildman–Crippen MR) is 98.7 cm³/mol. The van der Waals surface area contributed by atoms with E-state index in [9.17, 15) is 5.11 Å². The van der Waals surface area contributed by atoms with Crippen molar-refractivity contribution >= 4 is 17.3 Å². The van der Waals surface area contributed by atoms with Gasteiger partial charge in [0, 0.05) is 30.7 Å². The Kier molecular flexibility index (Phi) is 4.60. The molecule has 6 heteroatoms. The summed E-state index contributed by atoms with van der Waals surface area (Å²) in [5, 5.41) is 13.5. The van der Waals surface area contributed by atoms with Crippen molar-refractivity contribution < 1.29 is 5.11 Å². The van der Waals surface area contributed by atoms with Crippen LogP contribution in [-0.2, 0) is 5.54 Å². The Morgan fingerprint density at radius 3 is 2.67 bits per heavy atom. The van der Waals surface area contributed by atoms with Gasteiger partial charge in [-0.25, -0.2) is 0 Å². The van der Waals surface area contributed by atoms with E-state index in [0.29, 0.717) is 11.7 Å². The van der Waals surface area contributed by atoms with E-state index < -0.39 is 0 Å². The molecule has 5 nitrogen and oxygen atoms in total. The van der Waals surface area contributed by atoms with Crippen molar-refractivity contribution in [3.63, 3.8) is 0 Å². The van der Waals surface area contributed by atoms with Gasteiger partial charge in [-0.05, 0) is 56.8 Å². The fourth-order valence-corrected chi connectivity index (χ4v) is 3.45. The predicted octanol–water partition coefficient (Wildman–Crippen LogP) is 2.60. The highest BCUT2D eigenvalue weighted by molar-refractivity contribution is 7.80. The molecule has 2 N–H and O–H groups in total. The Hall–Kier alpha value is -1.92. The Morgan fingerprint density at radius 2 is 2.08 bits per heavy atom. The number of hydrogen-bond acceptors (Lipinski definition) is 3. The lowest BCUT2D eigenvalue weighted by Crippen LogP contribution is -2.32. The van der Waals surface area contributed by atoms with Crippen LogP contribution in [0.3, 0.4) is 0 Å². The first-order valence-corrected chi connectivity index (χ1v) is 8.60. The Labute approximate surface area is 148 Å². The summed E-state index contributed by atoms with van der Waals surface area (Å²) in [4.78, 5) is 6.56. The second-order valence-electron chi connectivity index (χ2n) is 7.07. The van der Waals surface area contributed by atoms with E-state index >= 15 is 0 Å². The molecule has 3 heterocycles. The Balaban J connectivity index is 2.01. The zero-order chi connectivity index (χ0) is 17.3. The minimum Gasteiger partial charge on any atom is -0.395 e. The molecule has 2 aromatic rings. The highest BCUT2D eigenvalue weighted by Gasteiger charge is 2.39. The summed E-state index contributed by atoms with van der Waals surface area (Å²) >= 11 is 5.51. The number of nitrogens with zero attached hydrogens (tertiary/aromatic N) is 3. The minimum absolute atomic E-state index is 0.0168. The van der Waals surface area contributed by atoms with Gasteiger partial charge in [-0.2, -0.15) is 0 Å². The molecule has 0 radical (unpaired) electrons. The van der Waals surface area contributed by atoms with E-state index in [1.54, 1.807) is 6.20 Å². The van der Waals surface area contributed by atoms with Crippen molar-refractivity contribution in [2.45, 2.75) is 38.4 Å². The van der Waals surface area contributed by atoms with Gasteiger partial charge in [0.15, 0.2) is 5.11 Å². The summed E-state index contributed by atoms with van der Waals surface area (Å²) < 4.78 is 2.20. The van der Waals surface area contributed by atoms with Gasteiger partial charge < -0.3 is 19.9 Å². The molecule has 1 fully saturated rings. The van der Waals surface area contributed by atoms with Crippen molar-refractivity contribution in [2.24, 2.45) is 0 Å². The smallest absolute Gasteiger partial charge is 0.170 e. The van der Waals surface area contributed by atoms with Crippen molar-refractivity contribution in [1.82, 2.24) is 19.8 Å². The normalized spacial score (nSPS) is 21.2. The van der Waals surface area contributed by atoms with Crippen LogP contribution in [0.5, 0.6) is 0 Å². The largest absolute Gasteiger partial charge is 0.395 e. The van der Waals surface area contributed by atoms with Crippen LogP contribution >= 0.6 is 12.2 Å². The fourth-order valence-electron chi connectivity index (χ4n) is 3.12. The topological polar surface area (TPSA) is 53.3 Å². The average Bonchev–Trinajstić information content (AvgIpc) is 3.14. The Bertz CT molecular complexity index is 707. The zero-order valence-electron chi connectivity index (χ0n) is 14.3. The zero-order valence-corrected chi connectivity index (χ0v) is 15.1. The Morgan fingerprint density at radius 1 is 1.29 bits per heavy atom. The van der Waals surface area contributed by atoms with Gasteiger partial charge in [-0.1, -0.05) is 6.07 Å². The van der Waals surface area contributed by atoms with Gasteiger partial charge in [-0.15, -0.1) is 0 Å². The van der Waals surface area contributed by atoms with E-state index in [2.05, 4.69) is 59.0 Å². The number of aromatic nitrogens is 2. The van der Waals surface area contributed by atoms with Gasteiger partial charge in [-0.3, -0.25) is 4.98 Å². The second kappa shape index (κ2) is 6.53. The molecule has 0 aromatic carbocycles. The molecule has 128 valence electrons. The summed E-state index contributed by atoms with van der Waals surface area (Å²) in [6.07, 6.45) is 6.07. The maximum absolute atomic E-state index is 9.45. The first kappa shape index (κ1) is 16.9. The van der Waals surface area contributed by atoms with E-state index in [4.69, 9.17) is 12.2 Å². The van der Waals surface area contributed by atoms with Crippen LogP contribution in [-0.4, -0.2) is 37.8 Å². The van der Waals surface area contributed by atoms with Crippen molar-refractivity contribution in [3.8, 4) is 0 Å². The minimum atomic E-state index is -0.0268. The van der Waals surface area contributed by atoms with Gasteiger partial charge in [0.1, 0.15) is 0 Å². The van der Waals surface area contributed by atoms with Gasteiger partial charge in [0.25, 0.3) is 0 Å². The lowest BCUT2D eigenvalue weighted by Gasteiger charge is -2.27. The summed E-state index contributed by atoms with van der Waals surface area (Å²) in [7, 11) is 0. The number of pyridine rings is 1. The van der Waals surface area contributed by atoms with Crippen LogP contribution in [0, 0.1) is 0 Å². The van der Waals surface area contributed by atoms with Crippen molar-refractivity contribution in [1.29, 1.82) is 0 Å². The van der Waals surface area contributed by atoms with Gasteiger partial charge in [0.05, 0.1) is 24.4 Å². The second-order valence-corrected chi connectivity index (χ2v) is 7.45. The molecule has 1 aliphatic rings. The standard InChI is InChI=1S/C18H24N4OS/c1-18(2,3)21-9-7-13(12-21)16-15(14-6-4-5-8-19-14)20-17(24)22(16)10-11-23/h4-9,12,15-16,23H,10-11H2,1-3H3,(H,20,24)/t15-,16+/m0/s1. The third-order valence-electron chi connectivity index (χ3n) is 4.37. The van der Waals surface area contributed by atoms with Crippen LogP contribution < -0.4 is 5.32 Å². The summed E-state index contributed by atoms with van der Waals surface area (Å²) in [5.74, 6) is 0. The van der Waals surface area contributed by atoms with Crippen LogP contribution in [0.15, 0.2) is 42.9 Å². The van der Waals surface area contributed by atoms with Crippen molar-refractivity contribution in [3.05, 3.63) is 54.1 Å². The highest BCUT2D eigenvalue weighted by atomic mass is 32.1. The third kappa shape index (κ3) is 3.16. The molecule has 0 amide bonds. The maximum Gasteiger partial charge on any atom is 0.170 e. The van der Waals surface area contributed by atoms with Gasteiger partial charge in [0.2, 0.25) is 0 Å². The molecule has 0 spiro atoms. The summed E-state index contributed by atoms with van der Waals surface area (Å²) in [6.45, 7) is 7.09. The van der Waals surface area contributed by atoms with Crippen molar-refractivity contribution in [2.75, 3.05) is 13.2 Å². The van der Waals surface area contributed by atoms with Crippen LogP contribution in [0.2, 0.25) is 0 Å². The van der Waals surface area contributed by atoms with Crippen LogP contribution in [0.25, 0.3) is 0 Å². The number of β-amino-alcohol motifs (C(OH)–C–C–N with tert-alkyl or cyclic N) is 1. The number of aliphatic hydroxyl groups excluding tert-OH is 1. The first-order valence-electron chi connectivity index (χ1n) is 8.19. The first-order chi connectivity index (χ1) is 11.4. The SMILES string of the molecule is CC(C)(C)n1ccc([C@@H]2[C@H](c3ccccn3)NC(=S)N2CCO)c1. The highest BCUT2D eigenvalue weighted by Crippen LogP contribution is 2.38. The quantitative estimate of drug-likeness (QED) is 0.835. The monoisotopic (exact) mass is 344 g/mol. The molecule has 0 unspecified atom stereocenters. The molecule has 1 aliphatic heterocycles. The molecule has 0 saturated carbocycles. The molecule has 3 rings (SSSR count). The van der Waals surface area contributed by atoms with Crippen LogP contribution in [0.1, 0.15) is 44.1 Å².